The summed E-state index contributed by atoms with van der Waals surface area (Å²) >= 11 is 0. The van der Waals surface area contributed by atoms with E-state index in [2.05, 4.69) is 28.0 Å². The zero-order chi connectivity index (χ0) is 17.8. The van der Waals surface area contributed by atoms with E-state index in [1.165, 1.54) is 24.9 Å². The summed E-state index contributed by atoms with van der Waals surface area (Å²) in [4.78, 5) is 5.20. The molecule has 1 atom stereocenters. The standard InChI is InChI=1S/C20H34N4O2/c1-2-24-15-19(12-21-24)14-22-7-5-20(6-8-22)17-23(9-11-26-20)13-18-4-3-10-25-16-18/h12,15,18H,2-11,13-14,16-17H2,1H3. The molecular weight excluding hydrogens is 328 g/mol. The topological polar surface area (TPSA) is 42.8 Å². The Labute approximate surface area is 157 Å². The third-order valence-electron chi connectivity index (χ3n) is 6.28. The van der Waals surface area contributed by atoms with Crippen LogP contribution in [0.15, 0.2) is 12.4 Å². The molecule has 3 fully saturated rings. The van der Waals surface area contributed by atoms with E-state index in [1.807, 2.05) is 10.9 Å². The molecule has 0 saturated carbocycles. The second kappa shape index (κ2) is 8.38. The maximum absolute atomic E-state index is 6.33. The van der Waals surface area contributed by atoms with Gasteiger partial charge in [0.2, 0.25) is 0 Å². The van der Waals surface area contributed by atoms with Crippen molar-refractivity contribution in [2.24, 2.45) is 5.92 Å². The van der Waals surface area contributed by atoms with Crippen molar-refractivity contribution in [3.8, 4) is 0 Å². The average molecular weight is 363 g/mol. The molecule has 0 aromatic carbocycles. The van der Waals surface area contributed by atoms with Crippen LogP contribution in [0.1, 0.15) is 38.2 Å². The second-order valence-corrected chi connectivity index (χ2v) is 8.33. The van der Waals surface area contributed by atoms with Crippen molar-refractivity contribution in [2.75, 3.05) is 52.5 Å². The zero-order valence-corrected chi connectivity index (χ0v) is 16.2. The molecule has 0 radical (unpaired) electrons. The number of hydrogen-bond donors (Lipinski definition) is 0. The maximum atomic E-state index is 6.33. The summed E-state index contributed by atoms with van der Waals surface area (Å²) in [6.45, 7) is 12.5. The Balaban J connectivity index is 1.26. The van der Waals surface area contributed by atoms with Gasteiger partial charge in [0.1, 0.15) is 0 Å². The van der Waals surface area contributed by atoms with Crippen molar-refractivity contribution in [3.63, 3.8) is 0 Å². The minimum absolute atomic E-state index is 0.0812. The predicted octanol–water partition coefficient (Wildman–Crippen LogP) is 2.00. The normalized spacial score (nSPS) is 27.8. The third-order valence-corrected chi connectivity index (χ3v) is 6.28. The molecule has 6 nitrogen and oxygen atoms in total. The second-order valence-electron chi connectivity index (χ2n) is 8.33. The van der Waals surface area contributed by atoms with E-state index in [0.29, 0.717) is 5.92 Å². The quantitative estimate of drug-likeness (QED) is 0.801. The van der Waals surface area contributed by atoms with Gasteiger partial charge in [-0.05, 0) is 38.5 Å². The molecule has 1 aromatic rings. The monoisotopic (exact) mass is 362 g/mol. The molecule has 3 aliphatic heterocycles. The summed E-state index contributed by atoms with van der Waals surface area (Å²) in [5.74, 6) is 0.717. The SMILES string of the molecule is CCn1cc(CN2CCC3(CC2)CN(CC2CCCOC2)CCO3)cn1. The van der Waals surface area contributed by atoms with E-state index >= 15 is 0 Å². The molecule has 6 heteroatoms. The van der Waals surface area contributed by atoms with Gasteiger partial charge < -0.3 is 9.47 Å². The molecule has 4 rings (SSSR count). The Hall–Kier alpha value is -0.950. The number of aryl methyl sites for hydroxylation is 1. The lowest BCUT2D eigenvalue weighted by atomic mass is 9.88. The molecule has 146 valence electrons. The number of nitrogens with zero attached hydrogens (tertiary/aromatic N) is 4. The van der Waals surface area contributed by atoms with Gasteiger partial charge in [-0.25, -0.2) is 0 Å². The van der Waals surface area contributed by atoms with Crippen LogP contribution in [-0.4, -0.2) is 77.7 Å². The van der Waals surface area contributed by atoms with Crippen LogP contribution in [0.5, 0.6) is 0 Å². The number of aromatic nitrogens is 2. The van der Waals surface area contributed by atoms with E-state index < -0.39 is 0 Å². The molecule has 0 bridgehead atoms. The first kappa shape index (κ1) is 18.4. The van der Waals surface area contributed by atoms with Crippen LogP contribution in [0.25, 0.3) is 0 Å². The lowest BCUT2D eigenvalue weighted by Gasteiger charge is -2.48. The van der Waals surface area contributed by atoms with Gasteiger partial charge in [-0.15, -0.1) is 0 Å². The molecule has 0 N–H and O–H groups in total. The summed E-state index contributed by atoms with van der Waals surface area (Å²) in [5, 5.41) is 4.40. The molecule has 1 unspecified atom stereocenters. The van der Waals surface area contributed by atoms with E-state index in [1.54, 1.807) is 0 Å². The van der Waals surface area contributed by atoms with Crippen LogP contribution in [-0.2, 0) is 22.6 Å². The zero-order valence-electron chi connectivity index (χ0n) is 16.2. The fourth-order valence-corrected chi connectivity index (χ4v) is 4.74. The van der Waals surface area contributed by atoms with Crippen molar-refractivity contribution >= 4 is 0 Å². The average Bonchev–Trinajstić information content (AvgIpc) is 3.13. The summed E-state index contributed by atoms with van der Waals surface area (Å²) < 4.78 is 14.0. The van der Waals surface area contributed by atoms with Crippen LogP contribution in [0.2, 0.25) is 0 Å². The van der Waals surface area contributed by atoms with Gasteiger partial charge in [0.25, 0.3) is 0 Å². The van der Waals surface area contributed by atoms with E-state index in [9.17, 15) is 0 Å². The van der Waals surface area contributed by atoms with Crippen molar-refractivity contribution in [3.05, 3.63) is 18.0 Å². The summed E-state index contributed by atoms with van der Waals surface area (Å²) in [7, 11) is 0. The highest BCUT2D eigenvalue weighted by Crippen LogP contribution is 2.31. The van der Waals surface area contributed by atoms with Gasteiger partial charge in [-0.2, -0.15) is 5.10 Å². The first-order valence-electron chi connectivity index (χ1n) is 10.4. The van der Waals surface area contributed by atoms with Crippen LogP contribution in [0, 0.1) is 5.92 Å². The van der Waals surface area contributed by atoms with Crippen LogP contribution in [0.3, 0.4) is 0 Å². The highest BCUT2D eigenvalue weighted by molar-refractivity contribution is 5.04. The highest BCUT2D eigenvalue weighted by Gasteiger charge is 2.40. The number of piperidine rings is 1. The van der Waals surface area contributed by atoms with Crippen molar-refractivity contribution in [1.82, 2.24) is 19.6 Å². The van der Waals surface area contributed by atoms with Crippen molar-refractivity contribution in [2.45, 2.75) is 51.3 Å². The largest absolute Gasteiger partial charge is 0.381 e. The van der Waals surface area contributed by atoms with Crippen LogP contribution in [0.4, 0.5) is 0 Å². The van der Waals surface area contributed by atoms with Gasteiger partial charge in [0, 0.05) is 64.2 Å². The molecule has 3 aliphatic rings. The van der Waals surface area contributed by atoms with Crippen LogP contribution >= 0.6 is 0 Å². The Morgan fingerprint density at radius 3 is 2.81 bits per heavy atom. The molecule has 3 saturated heterocycles. The van der Waals surface area contributed by atoms with Gasteiger partial charge in [0.15, 0.2) is 0 Å². The van der Waals surface area contributed by atoms with Gasteiger partial charge in [-0.3, -0.25) is 14.5 Å². The third kappa shape index (κ3) is 4.47. The molecule has 1 spiro atoms. The highest BCUT2D eigenvalue weighted by atomic mass is 16.5. The Morgan fingerprint density at radius 1 is 1.19 bits per heavy atom. The molecule has 1 aromatic heterocycles. The fraction of sp³-hybridized carbons (Fsp3) is 0.850. The van der Waals surface area contributed by atoms with E-state index in [-0.39, 0.29) is 5.60 Å². The minimum Gasteiger partial charge on any atom is -0.381 e. The fourth-order valence-electron chi connectivity index (χ4n) is 4.74. The maximum Gasteiger partial charge on any atom is 0.0833 e. The lowest BCUT2D eigenvalue weighted by Crippen LogP contribution is -2.57. The Morgan fingerprint density at radius 2 is 2.08 bits per heavy atom. The smallest absolute Gasteiger partial charge is 0.0833 e. The number of morpholine rings is 1. The summed E-state index contributed by atoms with van der Waals surface area (Å²) in [6, 6.07) is 0. The van der Waals surface area contributed by atoms with E-state index in [4.69, 9.17) is 9.47 Å². The Bertz CT molecular complexity index is 562. The van der Waals surface area contributed by atoms with Crippen LogP contribution < -0.4 is 0 Å². The molecule has 0 amide bonds. The first-order chi connectivity index (χ1) is 12.7. The summed E-state index contributed by atoms with van der Waals surface area (Å²) in [6.07, 6.45) is 9.03. The van der Waals surface area contributed by atoms with Gasteiger partial charge in [0.05, 0.1) is 25.0 Å². The van der Waals surface area contributed by atoms with Crippen molar-refractivity contribution < 1.29 is 9.47 Å². The van der Waals surface area contributed by atoms with Gasteiger partial charge >= 0.3 is 0 Å². The predicted molar refractivity (Wildman–Crippen MR) is 101 cm³/mol. The number of rotatable bonds is 5. The van der Waals surface area contributed by atoms with Gasteiger partial charge in [-0.1, -0.05) is 0 Å². The summed E-state index contributed by atoms with van der Waals surface area (Å²) in [5.41, 5.74) is 1.41. The number of ether oxygens (including phenoxy) is 2. The lowest BCUT2D eigenvalue weighted by molar-refractivity contribution is -0.140. The number of likely N-dealkylation sites (tertiary alicyclic amines) is 1. The van der Waals surface area contributed by atoms with E-state index in [0.717, 1.165) is 71.9 Å². The minimum atomic E-state index is 0.0812. The Kier molecular flexibility index (Phi) is 5.93. The number of hydrogen-bond acceptors (Lipinski definition) is 5. The first-order valence-corrected chi connectivity index (χ1v) is 10.4. The molecule has 4 heterocycles. The molecular formula is C20H34N4O2. The molecule has 26 heavy (non-hydrogen) atoms. The molecule has 0 aliphatic carbocycles. The van der Waals surface area contributed by atoms with Crippen molar-refractivity contribution in [1.29, 1.82) is 0 Å².